The summed E-state index contributed by atoms with van der Waals surface area (Å²) in [6, 6.07) is 18.3. The number of rotatable bonds is 9. The fourth-order valence-electron chi connectivity index (χ4n) is 2.42. The molecule has 0 bridgehead atoms. The van der Waals surface area contributed by atoms with Crippen LogP contribution in [-0.2, 0) is 25.5 Å². The predicted octanol–water partition coefficient (Wildman–Crippen LogP) is 4.25. The molecule has 1 unspecified atom stereocenters. The van der Waals surface area contributed by atoms with Gasteiger partial charge < -0.3 is 9.47 Å². The molecule has 0 aliphatic heterocycles. The van der Waals surface area contributed by atoms with Crippen molar-refractivity contribution in [1.82, 2.24) is 0 Å². The minimum absolute atomic E-state index is 0.118. The van der Waals surface area contributed by atoms with E-state index in [2.05, 4.69) is 6.92 Å². The average molecular weight is 340 g/mol. The van der Waals surface area contributed by atoms with Crippen LogP contribution in [0.2, 0.25) is 0 Å². The summed E-state index contributed by atoms with van der Waals surface area (Å²) in [5, 5.41) is 0. The molecule has 0 heterocycles. The molecule has 0 aliphatic carbocycles. The van der Waals surface area contributed by atoms with Crippen LogP contribution < -0.4 is 0 Å². The molecule has 4 heteroatoms. The van der Waals surface area contributed by atoms with Gasteiger partial charge >= 0.3 is 11.9 Å². The van der Waals surface area contributed by atoms with Gasteiger partial charge in [0, 0.05) is 5.56 Å². The smallest absolute Gasteiger partial charge is 0.352 e. The molecule has 0 fully saturated rings. The molecule has 2 aromatic carbocycles. The summed E-state index contributed by atoms with van der Waals surface area (Å²) in [6.07, 6.45) is 1.94. The Bertz CT molecular complexity index is 652. The summed E-state index contributed by atoms with van der Waals surface area (Å²) in [4.78, 5) is 24.6. The average Bonchev–Trinajstić information content (AvgIpc) is 2.64. The van der Waals surface area contributed by atoms with Gasteiger partial charge in [-0.25, -0.2) is 4.79 Å². The number of hydrogen-bond acceptors (Lipinski definition) is 4. The van der Waals surface area contributed by atoms with E-state index in [1.54, 1.807) is 24.3 Å². The molecule has 25 heavy (non-hydrogen) atoms. The highest BCUT2D eigenvalue weighted by Gasteiger charge is 2.26. The molecule has 0 aromatic heterocycles. The van der Waals surface area contributed by atoms with E-state index in [-0.39, 0.29) is 6.42 Å². The number of esters is 2. The van der Waals surface area contributed by atoms with Crippen LogP contribution in [0.5, 0.6) is 0 Å². The molecular formula is C21H24O4. The summed E-state index contributed by atoms with van der Waals surface area (Å²) in [6.45, 7) is 2.42. The molecule has 2 rings (SSSR count). The molecule has 4 nitrogen and oxygen atoms in total. The van der Waals surface area contributed by atoms with Crippen molar-refractivity contribution in [1.29, 1.82) is 0 Å². The maximum absolute atomic E-state index is 12.4. The van der Waals surface area contributed by atoms with Crippen molar-refractivity contribution in [3.05, 3.63) is 71.8 Å². The van der Waals surface area contributed by atoms with Gasteiger partial charge in [-0.3, -0.25) is 4.79 Å². The topological polar surface area (TPSA) is 52.6 Å². The number of benzene rings is 2. The first-order valence-corrected chi connectivity index (χ1v) is 8.65. The van der Waals surface area contributed by atoms with Crippen molar-refractivity contribution >= 4 is 11.9 Å². The molecule has 0 N–H and O–H groups in total. The zero-order valence-corrected chi connectivity index (χ0v) is 14.5. The molecule has 0 aliphatic rings. The summed E-state index contributed by atoms with van der Waals surface area (Å²) in [7, 11) is 0. The van der Waals surface area contributed by atoms with Gasteiger partial charge in [-0.1, -0.05) is 80.4 Å². The highest BCUT2D eigenvalue weighted by molar-refractivity contribution is 5.81. The van der Waals surface area contributed by atoms with Gasteiger partial charge in [0.25, 0.3) is 0 Å². The van der Waals surface area contributed by atoms with Gasteiger partial charge in [0.15, 0.2) is 0 Å². The second-order valence-corrected chi connectivity index (χ2v) is 5.82. The lowest BCUT2D eigenvalue weighted by atomic mass is 10.1. The highest BCUT2D eigenvalue weighted by Crippen LogP contribution is 2.20. The van der Waals surface area contributed by atoms with Crippen molar-refractivity contribution in [2.45, 2.75) is 38.7 Å². The van der Waals surface area contributed by atoms with Crippen LogP contribution in [0, 0.1) is 0 Å². The molecule has 2 aromatic rings. The lowest BCUT2D eigenvalue weighted by molar-refractivity contribution is -0.168. The van der Waals surface area contributed by atoms with Crippen molar-refractivity contribution in [3.8, 4) is 0 Å². The Kier molecular flexibility index (Phi) is 7.70. The van der Waals surface area contributed by atoms with Crippen LogP contribution in [0.3, 0.4) is 0 Å². The lowest BCUT2D eigenvalue weighted by Gasteiger charge is -2.17. The molecule has 0 saturated heterocycles. The van der Waals surface area contributed by atoms with Crippen LogP contribution in [0.25, 0.3) is 0 Å². The Morgan fingerprint density at radius 1 is 0.920 bits per heavy atom. The van der Waals surface area contributed by atoms with E-state index in [9.17, 15) is 9.59 Å². The van der Waals surface area contributed by atoms with E-state index in [1.807, 2.05) is 36.4 Å². The molecule has 1 atom stereocenters. The zero-order chi connectivity index (χ0) is 17.9. The van der Waals surface area contributed by atoms with Gasteiger partial charge in [-0.15, -0.1) is 0 Å². The first kappa shape index (κ1) is 18.7. The number of ether oxygens (including phenoxy) is 2. The van der Waals surface area contributed by atoms with Crippen LogP contribution in [0.1, 0.15) is 43.4 Å². The first-order valence-electron chi connectivity index (χ1n) is 8.65. The Morgan fingerprint density at radius 2 is 1.56 bits per heavy atom. The molecule has 0 saturated carbocycles. The maximum Gasteiger partial charge on any atom is 0.352 e. The van der Waals surface area contributed by atoms with Gasteiger partial charge in [0.05, 0.1) is 13.0 Å². The Morgan fingerprint density at radius 3 is 2.20 bits per heavy atom. The van der Waals surface area contributed by atoms with Gasteiger partial charge in [-0.2, -0.15) is 0 Å². The van der Waals surface area contributed by atoms with E-state index in [1.165, 1.54) is 0 Å². The number of carbonyl (C=O) groups excluding carboxylic acids is 2. The number of unbranched alkanes of at least 4 members (excludes halogenated alkanes) is 2. The molecule has 132 valence electrons. The van der Waals surface area contributed by atoms with Gasteiger partial charge in [-0.05, 0) is 12.0 Å². The van der Waals surface area contributed by atoms with Crippen molar-refractivity contribution in [2.24, 2.45) is 0 Å². The van der Waals surface area contributed by atoms with Crippen molar-refractivity contribution in [2.75, 3.05) is 6.61 Å². The fourth-order valence-corrected chi connectivity index (χ4v) is 2.42. The van der Waals surface area contributed by atoms with Crippen molar-refractivity contribution in [3.63, 3.8) is 0 Å². The standard InChI is InChI=1S/C21H24O4/c1-2-3-10-15-24-21(23)20(18-13-8-5-9-14-18)25-19(22)16-17-11-6-4-7-12-17/h4-9,11-14,20H,2-3,10,15-16H2,1H3. The van der Waals surface area contributed by atoms with Gasteiger partial charge in [0.1, 0.15) is 0 Å². The summed E-state index contributed by atoms with van der Waals surface area (Å²) >= 11 is 0. The van der Waals surface area contributed by atoms with E-state index in [0.717, 1.165) is 24.8 Å². The second kappa shape index (κ2) is 10.3. The minimum Gasteiger partial charge on any atom is -0.463 e. The van der Waals surface area contributed by atoms with Crippen LogP contribution >= 0.6 is 0 Å². The zero-order valence-electron chi connectivity index (χ0n) is 14.5. The summed E-state index contributed by atoms with van der Waals surface area (Å²) in [5.74, 6) is -0.978. The largest absolute Gasteiger partial charge is 0.463 e. The minimum atomic E-state index is -1.03. The molecule has 0 spiro atoms. The highest BCUT2D eigenvalue weighted by atomic mass is 16.6. The van der Waals surface area contributed by atoms with E-state index >= 15 is 0 Å². The normalized spacial score (nSPS) is 11.6. The SMILES string of the molecule is CCCCCOC(=O)C(OC(=O)Cc1ccccc1)c1ccccc1. The van der Waals surface area contributed by atoms with E-state index in [4.69, 9.17) is 9.47 Å². The molecule has 0 amide bonds. The number of carbonyl (C=O) groups is 2. The van der Waals surface area contributed by atoms with Crippen LogP contribution in [0.4, 0.5) is 0 Å². The predicted molar refractivity (Wildman–Crippen MR) is 95.9 cm³/mol. The number of hydrogen-bond donors (Lipinski definition) is 0. The lowest BCUT2D eigenvalue weighted by Crippen LogP contribution is -2.23. The Labute approximate surface area is 148 Å². The molecule has 0 radical (unpaired) electrons. The van der Waals surface area contributed by atoms with Crippen molar-refractivity contribution < 1.29 is 19.1 Å². The maximum atomic E-state index is 12.4. The third-order valence-corrected chi connectivity index (χ3v) is 3.75. The third kappa shape index (κ3) is 6.42. The monoisotopic (exact) mass is 340 g/mol. The summed E-state index contributed by atoms with van der Waals surface area (Å²) < 4.78 is 10.7. The Balaban J connectivity index is 2.01. The summed E-state index contributed by atoms with van der Waals surface area (Å²) in [5.41, 5.74) is 1.46. The Hall–Kier alpha value is -2.62. The third-order valence-electron chi connectivity index (χ3n) is 3.75. The fraction of sp³-hybridized carbons (Fsp3) is 0.333. The second-order valence-electron chi connectivity index (χ2n) is 5.82. The van der Waals surface area contributed by atoms with E-state index < -0.39 is 18.0 Å². The first-order chi connectivity index (χ1) is 12.2. The van der Waals surface area contributed by atoms with Crippen LogP contribution in [-0.4, -0.2) is 18.5 Å². The molecular weight excluding hydrogens is 316 g/mol. The van der Waals surface area contributed by atoms with Gasteiger partial charge in [0.2, 0.25) is 6.10 Å². The van der Waals surface area contributed by atoms with E-state index in [0.29, 0.717) is 12.2 Å². The quantitative estimate of drug-likeness (QED) is 0.506. The van der Waals surface area contributed by atoms with Crippen LogP contribution in [0.15, 0.2) is 60.7 Å².